The minimum atomic E-state index is 0.0249. The summed E-state index contributed by atoms with van der Waals surface area (Å²) in [7, 11) is 0. The van der Waals surface area contributed by atoms with E-state index in [1.165, 1.54) is 22.5 Å². The van der Waals surface area contributed by atoms with Gasteiger partial charge in [-0.25, -0.2) is 15.0 Å². The van der Waals surface area contributed by atoms with Crippen molar-refractivity contribution in [1.29, 1.82) is 0 Å². The van der Waals surface area contributed by atoms with Crippen molar-refractivity contribution in [2.75, 3.05) is 50.7 Å². The number of thiazole rings is 1. The molecule has 0 unspecified atom stereocenters. The van der Waals surface area contributed by atoms with Crippen LogP contribution in [0, 0.1) is 0 Å². The van der Waals surface area contributed by atoms with Crippen molar-refractivity contribution in [3.63, 3.8) is 0 Å². The minimum absolute atomic E-state index is 0.0249. The molecule has 0 aliphatic carbocycles. The molecular weight excluding hydrogens is 462 g/mol. The van der Waals surface area contributed by atoms with Crippen molar-refractivity contribution in [1.82, 2.24) is 29.7 Å². The first-order valence-corrected chi connectivity index (χ1v) is 12.9. The number of hydrogen-bond donors (Lipinski definition) is 0. The van der Waals surface area contributed by atoms with Crippen LogP contribution in [0.15, 0.2) is 48.2 Å². The van der Waals surface area contributed by atoms with Gasteiger partial charge < -0.3 is 14.7 Å². The lowest BCUT2D eigenvalue weighted by Crippen LogP contribution is -2.64. The average molecular weight is 490 g/mol. The number of nitrogens with zero attached hydrogens (tertiary/aromatic N) is 7. The van der Waals surface area contributed by atoms with Crippen molar-refractivity contribution in [3.8, 4) is 0 Å². The maximum atomic E-state index is 13.1. The molecule has 180 valence electrons. The van der Waals surface area contributed by atoms with Crippen LogP contribution in [-0.2, 0) is 13.0 Å². The largest absolute Gasteiger partial charge is 0.336 e. The van der Waals surface area contributed by atoms with Gasteiger partial charge in [0, 0.05) is 87.9 Å². The molecule has 0 radical (unpaired) electrons. The van der Waals surface area contributed by atoms with E-state index in [1.54, 1.807) is 18.6 Å². The summed E-state index contributed by atoms with van der Waals surface area (Å²) in [6, 6.07) is 8.29. The molecule has 1 aromatic carbocycles. The van der Waals surface area contributed by atoms with Gasteiger partial charge in [0.05, 0.1) is 0 Å². The second kappa shape index (κ2) is 9.35. The summed E-state index contributed by atoms with van der Waals surface area (Å²) >= 11 is 1.39. The standard InChI is InChI=1S/C25H27N7O2S/c33-23(19-2-3-20-15-31(8-4-18(20)14-19)25-27-5-1-6-28-25)32-16-21(17-32)29-9-11-30(12-10-29)24(34)22-26-7-13-35-22/h1-3,5-7,13-14,21H,4,8-12,15-17H2. The lowest BCUT2D eigenvalue weighted by molar-refractivity contribution is 0.00852. The van der Waals surface area contributed by atoms with Crippen molar-refractivity contribution in [2.45, 2.75) is 19.0 Å². The number of piperazine rings is 1. The summed E-state index contributed by atoms with van der Waals surface area (Å²) in [5, 5.41) is 2.39. The molecule has 2 saturated heterocycles. The maximum absolute atomic E-state index is 13.1. The number of rotatable bonds is 4. The van der Waals surface area contributed by atoms with Crippen molar-refractivity contribution < 1.29 is 9.59 Å². The number of amides is 2. The van der Waals surface area contributed by atoms with Gasteiger partial charge in [0.1, 0.15) is 0 Å². The average Bonchev–Trinajstić information content (AvgIpc) is 3.43. The summed E-state index contributed by atoms with van der Waals surface area (Å²) in [6.07, 6.45) is 6.08. The van der Waals surface area contributed by atoms with Crippen LogP contribution in [0.25, 0.3) is 0 Å². The Morgan fingerprint density at radius 2 is 1.66 bits per heavy atom. The van der Waals surface area contributed by atoms with Gasteiger partial charge in [-0.15, -0.1) is 11.3 Å². The molecule has 2 fully saturated rings. The smallest absolute Gasteiger partial charge is 0.282 e. The highest BCUT2D eigenvalue weighted by Gasteiger charge is 2.37. The third kappa shape index (κ3) is 4.39. The van der Waals surface area contributed by atoms with Crippen LogP contribution >= 0.6 is 11.3 Å². The van der Waals surface area contributed by atoms with Crippen LogP contribution in [0.1, 0.15) is 31.3 Å². The number of anilines is 1. The lowest BCUT2D eigenvalue weighted by Gasteiger charge is -2.48. The molecule has 0 N–H and O–H groups in total. The Kier molecular flexibility index (Phi) is 5.91. The Balaban J connectivity index is 1.01. The Morgan fingerprint density at radius 3 is 2.40 bits per heavy atom. The summed E-state index contributed by atoms with van der Waals surface area (Å²) in [4.78, 5) is 46.9. The Morgan fingerprint density at radius 1 is 0.857 bits per heavy atom. The predicted molar refractivity (Wildman–Crippen MR) is 133 cm³/mol. The minimum Gasteiger partial charge on any atom is -0.336 e. The van der Waals surface area contributed by atoms with Gasteiger partial charge in [-0.05, 0) is 35.7 Å². The van der Waals surface area contributed by atoms with E-state index in [0.29, 0.717) is 24.1 Å². The lowest BCUT2D eigenvalue weighted by atomic mass is 9.96. The molecule has 2 aromatic heterocycles. The van der Waals surface area contributed by atoms with Crippen molar-refractivity contribution in [2.24, 2.45) is 0 Å². The van der Waals surface area contributed by atoms with E-state index in [1.807, 2.05) is 27.3 Å². The number of carbonyl (C=O) groups excluding carboxylic acids is 2. The van der Waals surface area contributed by atoms with Gasteiger partial charge in [0.2, 0.25) is 5.95 Å². The van der Waals surface area contributed by atoms with E-state index < -0.39 is 0 Å². The number of hydrogen-bond acceptors (Lipinski definition) is 8. The molecule has 10 heteroatoms. The second-order valence-electron chi connectivity index (χ2n) is 9.23. The first kappa shape index (κ1) is 22.1. The molecule has 3 aliphatic rings. The zero-order valence-electron chi connectivity index (χ0n) is 19.4. The fraction of sp³-hybridized carbons (Fsp3) is 0.400. The van der Waals surface area contributed by atoms with Gasteiger partial charge >= 0.3 is 0 Å². The molecule has 2 amide bonds. The Hall–Kier alpha value is -3.37. The molecular formula is C25H27N7O2S. The summed E-state index contributed by atoms with van der Waals surface area (Å²) in [5.41, 5.74) is 3.23. The molecule has 0 atom stereocenters. The second-order valence-corrected chi connectivity index (χ2v) is 10.1. The maximum Gasteiger partial charge on any atom is 0.282 e. The molecule has 0 saturated carbocycles. The van der Waals surface area contributed by atoms with Gasteiger partial charge in [-0.1, -0.05) is 6.07 Å². The molecule has 35 heavy (non-hydrogen) atoms. The fourth-order valence-electron chi connectivity index (χ4n) is 5.10. The number of benzene rings is 1. The van der Waals surface area contributed by atoms with E-state index in [9.17, 15) is 9.59 Å². The number of likely N-dealkylation sites (tertiary alicyclic amines) is 1. The predicted octanol–water partition coefficient (Wildman–Crippen LogP) is 1.78. The first-order chi connectivity index (χ1) is 17.2. The molecule has 9 nitrogen and oxygen atoms in total. The first-order valence-electron chi connectivity index (χ1n) is 12.0. The zero-order valence-corrected chi connectivity index (χ0v) is 20.2. The van der Waals surface area contributed by atoms with Gasteiger partial charge in [-0.2, -0.15) is 0 Å². The number of fused-ring (bicyclic) bond motifs is 1. The molecule has 0 spiro atoms. The van der Waals surface area contributed by atoms with Gasteiger partial charge in [-0.3, -0.25) is 14.5 Å². The van der Waals surface area contributed by atoms with Crippen LogP contribution in [0.5, 0.6) is 0 Å². The molecule has 6 rings (SSSR count). The number of carbonyl (C=O) groups is 2. The SMILES string of the molecule is O=C(c1ccc2c(c1)CCN(c1ncccn1)C2)N1CC(N2CCN(C(=O)c3nccs3)CC2)C1. The van der Waals surface area contributed by atoms with Crippen LogP contribution in [0.4, 0.5) is 5.95 Å². The third-order valence-corrected chi connectivity index (χ3v) is 7.94. The van der Waals surface area contributed by atoms with E-state index in [4.69, 9.17) is 0 Å². The summed E-state index contributed by atoms with van der Waals surface area (Å²) < 4.78 is 0. The quantitative estimate of drug-likeness (QED) is 0.552. The van der Waals surface area contributed by atoms with E-state index in [-0.39, 0.29) is 11.8 Å². The van der Waals surface area contributed by atoms with Gasteiger partial charge in [0.15, 0.2) is 5.01 Å². The number of aromatic nitrogens is 3. The van der Waals surface area contributed by atoms with Crippen molar-refractivity contribution in [3.05, 3.63) is 69.9 Å². The highest BCUT2D eigenvalue weighted by Crippen LogP contribution is 2.25. The zero-order chi connectivity index (χ0) is 23.8. The van der Waals surface area contributed by atoms with Crippen LogP contribution in [0.3, 0.4) is 0 Å². The summed E-state index contributed by atoms with van der Waals surface area (Å²) in [6.45, 7) is 6.19. The Labute approximate surface area is 208 Å². The van der Waals surface area contributed by atoms with Crippen LogP contribution in [0.2, 0.25) is 0 Å². The van der Waals surface area contributed by atoms with Crippen molar-refractivity contribution >= 4 is 29.1 Å². The molecule has 5 heterocycles. The third-order valence-electron chi connectivity index (χ3n) is 7.18. The van der Waals surface area contributed by atoms with E-state index >= 15 is 0 Å². The molecule has 3 aromatic rings. The Bertz CT molecular complexity index is 1210. The highest BCUT2D eigenvalue weighted by atomic mass is 32.1. The van der Waals surface area contributed by atoms with E-state index in [0.717, 1.165) is 57.2 Å². The van der Waals surface area contributed by atoms with E-state index in [2.05, 4.69) is 36.9 Å². The molecule has 3 aliphatic heterocycles. The molecule has 0 bridgehead atoms. The monoisotopic (exact) mass is 489 g/mol. The normalized spacial score (nSPS) is 18.8. The summed E-state index contributed by atoms with van der Waals surface area (Å²) in [5.74, 6) is 0.880. The fourth-order valence-corrected chi connectivity index (χ4v) is 5.70. The van der Waals surface area contributed by atoms with Gasteiger partial charge in [0.25, 0.3) is 11.8 Å². The van der Waals surface area contributed by atoms with Crippen LogP contribution < -0.4 is 4.90 Å². The topological polar surface area (TPSA) is 85.8 Å². The highest BCUT2D eigenvalue weighted by molar-refractivity contribution is 7.11. The van der Waals surface area contributed by atoms with Crippen LogP contribution in [-0.4, -0.2) is 93.3 Å².